The topological polar surface area (TPSA) is 73.9 Å². The molecule has 1 aromatic rings. The van der Waals surface area contributed by atoms with E-state index in [1.54, 1.807) is 25.1 Å². The van der Waals surface area contributed by atoms with Gasteiger partial charge in [-0.2, -0.15) is 0 Å². The molecule has 0 saturated heterocycles. The van der Waals surface area contributed by atoms with Crippen LogP contribution < -0.4 is 10.1 Å². The van der Waals surface area contributed by atoms with Crippen molar-refractivity contribution < 1.29 is 23.8 Å². The number of carbonyl (C=O) groups is 2. The fourth-order valence-electron chi connectivity index (χ4n) is 2.59. The van der Waals surface area contributed by atoms with Gasteiger partial charge in [-0.25, -0.2) is 4.79 Å². The molecule has 6 nitrogen and oxygen atoms in total. The first-order valence-electron chi connectivity index (χ1n) is 8.92. The van der Waals surface area contributed by atoms with E-state index in [0.29, 0.717) is 23.8 Å². The van der Waals surface area contributed by atoms with Crippen molar-refractivity contribution in [2.45, 2.75) is 59.2 Å². The van der Waals surface area contributed by atoms with Gasteiger partial charge in [-0.05, 0) is 50.8 Å². The Labute approximate surface area is 156 Å². The second kappa shape index (κ2) is 9.57. The molecule has 0 saturated carbocycles. The van der Waals surface area contributed by atoms with Gasteiger partial charge in [0, 0.05) is 12.8 Å². The van der Waals surface area contributed by atoms with Crippen molar-refractivity contribution >= 4 is 17.6 Å². The van der Waals surface area contributed by atoms with Crippen molar-refractivity contribution in [3.63, 3.8) is 0 Å². The quantitative estimate of drug-likeness (QED) is 0.669. The van der Waals surface area contributed by atoms with Gasteiger partial charge in [0.05, 0.1) is 13.2 Å². The third-order valence-electron chi connectivity index (χ3n) is 4.27. The number of esters is 1. The molecule has 0 aliphatic carbocycles. The van der Waals surface area contributed by atoms with Gasteiger partial charge in [0.15, 0.2) is 0 Å². The van der Waals surface area contributed by atoms with Gasteiger partial charge in [0.2, 0.25) is 0 Å². The maximum Gasteiger partial charge on any atom is 0.341 e. The lowest BCUT2D eigenvalue weighted by atomic mass is 9.93. The molecule has 0 aliphatic rings. The fourth-order valence-corrected chi connectivity index (χ4v) is 2.59. The highest BCUT2D eigenvalue weighted by atomic mass is 16.5. The predicted octanol–water partition coefficient (Wildman–Crippen LogP) is 4.04. The largest absolute Gasteiger partial charge is 0.490 e. The number of benzene rings is 1. The van der Waals surface area contributed by atoms with Gasteiger partial charge >= 0.3 is 5.97 Å². The van der Waals surface area contributed by atoms with E-state index in [2.05, 4.69) is 5.32 Å². The molecule has 26 heavy (non-hydrogen) atoms. The van der Waals surface area contributed by atoms with Crippen LogP contribution in [0.3, 0.4) is 0 Å². The van der Waals surface area contributed by atoms with Gasteiger partial charge in [0.1, 0.15) is 16.9 Å². The highest BCUT2D eigenvalue weighted by Gasteiger charge is 2.34. The summed E-state index contributed by atoms with van der Waals surface area (Å²) in [4.78, 5) is 24.8. The number of rotatable bonds is 9. The maximum atomic E-state index is 12.7. The lowest BCUT2D eigenvalue weighted by molar-refractivity contribution is -0.137. The smallest absolute Gasteiger partial charge is 0.341 e. The first kappa shape index (κ1) is 22.0. The number of carbonyl (C=O) groups excluding carboxylic acids is 2. The second-order valence-corrected chi connectivity index (χ2v) is 7.03. The van der Waals surface area contributed by atoms with Crippen LogP contribution in [0.5, 0.6) is 5.75 Å². The van der Waals surface area contributed by atoms with Crippen LogP contribution in [0.15, 0.2) is 18.2 Å². The van der Waals surface area contributed by atoms with Gasteiger partial charge < -0.3 is 19.5 Å². The van der Waals surface area contributed by atoms with Gasteiger partial charge in [0.25, 0.3) is 5.91 Å². The van der Waals surface area contributed by atoms with Gasteiger partial charge in [-0.15, -0.1) is 0 Å². The molecule has 1 rings (SSSR count). The lowest BCUT2D eigenvalue weighted by Crippen LogP contribution is -2.43. The van der Waals surface area contributed by atoms with Crippen LogP contribution >= 0.6 is 0 Å². The molecule has 0 heterocycles. The SMILES string of the molecule is CC[C@@H](C)Oc1ccc(NC(=O)[C@](C)(CC(C)C)OC)cc1C(=O)OC. The minimum Gasteiger partial charge on any atom is -0.490 e. The number of amides is 1. The normalized spacial score (nSPS) is 14.5. The van der Waals surface area contributed by atoms with E-state index in [1.807, 2.05) is 27.7 Å². The molecule has 1 aromatic carbocycles. The van der Waals surface area contributed by atoms with Crippen molar-refractivity contribution in [1.82, 2.24) is 0 Å². The maximum absolute atomic E-state index is 12.7. The molecule has 146 valence electrons. The summed E-state index contributed by atoms with van der Waals surface area (Å²) in [5, 5.41) is 2.83. The Hall–Kier alpha value is -2.08. The number of ether oxygens (including phenoxy) is 3. The molecule has 0 spiro atoms. The number of hydrogen-bond donors (Lipinski definition) is 1. The zero-order chi connectivity index (χ0) is 19.9. The molecule has 0 fully saturated rings. The summed E-state index contributed by atoms with van der Waals surface area (Å²) in [5.41, 5.74) is -0.196. The standard InChI is InChI=1S/C20H31NO5/c1-8-14(4)26-17-10-9-15(11-16(17)18(22)24-6)21-19(23)20(5,25-7)12-13(2)3/h9-11,13-14H,8,12H2,1-7H3,(H,21,23)/t14-,20+/m1/s1. The van der Waals surface area contributed by atoms with E-state index < -0.39 is 11.6 Å². The molecule has 1 N–H and O–H groups in total. The van der Waals surface area contributed by atoms with Crippen LogP contribution in [0.25, 0.3) is 0 Å². The van der Waals surface area contributed by atoms with Crippen LogP contribution in [-0.4, -0.2) is 37.8 Å². The van der Waals surface area contributed by atoms with Crippen LogP contribution in [0.1, 0.15) is 57.8 Å². The summed E-state index contributed by atoms with van der Waals surface area (Å²) in [6.45, 7) is 9.73. The van der Waals surface area contributed by atoms with Crippen molar-refractivity contribution in [2.75, 3.05) is 19.5 Å². The Kier molecular flexibility index (Phi) is 8.08. The van der Waals surface area contributed by atoms with Crippen molar-refractivity contribution in [3.8, 4) is 5.75 Å². The Morgan fingerprint density at radius 1 is 1.19 bits per heavy atom. The highest BCUT2D eigenvalue weighted by molar-refractivity contribution is 5.99. The van der Waals surface area contributed by atoms with Gasteiger partial charge in [-0.1, -0.05) is 20.8 Å². The molecule has 6 heteroatoms. The first-order valence-corrected chi connectivity index (χ1v) is 8.92. The Morgan fingerprint density at radius 2 is 1.85 bits per heavy atom. The summed E-state index contributed by atoms with van der Waals surface area (Å²) in [6, 6.07) is 4.93. The van der Waals surface area contributed by atoms with E-state index in [-0.39, 0.29) is 17.6 Å². The third-order valence-corrected chi connectivity index (χ3v) is 4.27. The van der Waals surface area contributed by atoms with E-state index in [4.69, 9.17) is 14.2 Å². The summed E-state index contributed by atoms with van der Waals surface area (Å²) >= 11 is 0. The highest BCUT2D eigenvalue weighted by Crippen LogP contribution is 2.27. The Balaban J connectivity index is 3.10. The summed E-state index contributed by atoms with van der Waals surface area (Å²) in [7, 11) is 2.83. The van der Waals surface area contributed by atoms with E-state index >= 15 is 0 Å². The predicted molar refractivity (Wildman–Crippen MR) is 102 cm³/mol. The van der Waals surface area contributed by atoms with Crippen molar-refractivity contribution in [1.29, 1.82) is 0 Å². The van der Waals surface area contributed by atoms with E-state index in [0.717, 1.165) is 6.42 Å². The molecule has 0 bridgehead atoms. The minimum absolute atomic E-state index is 0.0401. The zero-order valence-corrected chi connectivity index (χ0v) is 16.8. The van der Waals surface area contributed by atoms with Crippen molar-refractivity contribution in [2.24, 2.45) is 5.92 Å². The zero-order valence-electron chi connectivity index (χ0n) is 16.8. The molecule has 0 aliphatic heterocycles. The lowest BCUT2D eigenvalue weighted by Gasteiger charge is -2.28. The monoisotopic (exact) mass is 365 g/mol. The number of methoxy groups -OCH3 is 2. The van der Waals surface area contributed by atoms with E-state index in [9.17, 15) is 9.59 Å². The van der Waals surface area contributed by atoms with Gasteiger partial charge in [-0.3, -0.25) is 4.79 Å². The summed E-state index contributed by atoms with van der Waals surface area (Å²) < 4.78 is 16.1. The summed E-state index contributed by atoms with van der Waals surface area (Å²) in [5.74, 6) is -0.0558. The fraction of sp³-hybridized carbons (Fsp3) is 0.600. The Bertz CT molecular complexity index is 629. The first-order chi connectivity index (χ1) is 12.2. The number of hydrogen-bond acceptors (Lipinski definition) is 5. The molecule has 2 atom stereocenters. The van der Waals surface area contributed by atoms with Crippen molar-refractivity contribution in [3.05, 3.63) is 23.8 Å². The molecular weight excluding hydrogens is 334 g/mol. The van der Waals surface area contributed by atoms with Crippen LogP contribution in [0, 0.1) is 5.92 Å². The Morgan fingerprint density at radius 3 is 2.35 bits per heavy atom. The van der Waals surface area contributed by atoms with Crippen LogP contribution in [-0.2, 0) is 14.3 Å². The second-order valence-electron chi connectivity index (χ2n) is 7.03. The minimum atomic E-state index is -0.953. The van der Waals surface area contributed by atoms with Crippen LogP contribution in [0.2, 0.25) is 0 Å². The molecular formula is C20H31NO5. The molecule has 0 unspecified atom stereocenters. The number of nitrogens with one attached hydrogen (secondary N) is 1. The average molecular weight is 365 g/mol. The average Bonchev–Trinajstić information content (AvgIpc) is 2.61. The van der Waals surface area contributed by atoms with E-state index in [1.165, 1.54) is 14.2 Å². The molecule has 0 aromatic heterocycles. The number of anilines is 1. The molecule has 1 amide bonds. The van der Waals surface area contributed by atoms with Crippen LogP contribution in [0.4, 0.5) is 5.69 Å². The third kappa shape index (κ3) is 5.73. The molecule has 0 radical (unpaired) electrons. The summed E-state index contributed by atoms with van der Waals surface area (Å²) in [6.07, 6.45) is 1.34.